The molecular formula is C6H7N3O. The molecule has 0 spiro atoms. The molecule has 0 amide bonds. The summed E-state index contributed by atoms with van der Waals surface area (Å²) in [7, 11) is 0. The second-order valence-electron chi connectivity index (χ2n) is 1.93. The molecule has 4 heteroatoms. The van der Waals surface area contributed by atoms with E-state index in [1.54, 1.807) is 19.3 Å². The van der Waals surface area contributed by atoms with E-state index >= 15 is 0 Å². The summed E-state index contributed by atoms with van der Waals surface area (Å²) in [6.45, 7) is 1.94. The van der Waals surface area contributed by atoms with Crippen LogP contribution < -0.4 is 0 Å². The summed E-state index contributed by atoms with van der Waals surface area (Å²) in [5.41, 5.74) is 0.751. The summed E-state index contributed by atoms with van der Waals surface area (Å²) < 4.78 is 0. The maximum absolute atomic E-state index is 9.75. The van der Waals surface area contributed by atoms with Crippen molar-refractivity contribution in [1.82, 2.24) is 9.97 Å². The Morgan fingerprint density at radius 2 is 2.10 bits per heavy atom. The molecule has 0 unspecified atom stereocenters. The second-order valence-corrected chi connectivity index (χ2v) is 1.93. The second kappa shape index (κ2) is 3.00. The zero-order valence-electron chi connectivity index (χ0n) is 5.61. The van der Waals surface area contributed by atoms with Crippen molar-refractivity contribution in [3.63, 3.8) is 0 Å². The van der Waals surface area contributed by atoms with Gasteiger partial charge in [0.15, 0.2) is 0 Å². The largest absolute Gasteiger partial charge is 0.241 e. The normalized spacial score (nSPS) is 9.30. The monoisotopic (exact) mass is 137 g/mol. The molecule has 0 fully saturated rings. The predicted molar refractivity (Wildman–Crippen MR) is 36.3 cm³/mol. The standard InChI is InChI=1S/C6H7N3O/c1-5-7-2-6(3-8-5)4-9-10/h2-3H,4H2,1H3. The van der Waals surface area contributed by atoms with Crippen molar-refractivity contribution in [3.05, 3.63) is 28.7 Å². The van der Waals surface area contributed by atoms with Crippen LogP contribution in [0.4, 0.5) is 0 Å². The van der Waals surface area contributed by atoms with E-state index in [2.05, 4.69) is 15.1 Å². The summed E-state index contributed by atoms with van der Waals surface area (Å²) in [6.07, 6.45) is 3.20. The Labute approximate surface area is 58.3 Å². The molecule has 0 aliphatic carbocycles. The van der Waals surface area contributed by atoms with E-state index in [-0.39, 0.29) is 6.54 Å². The molecule has 52 valence electrons. The van der Waals surface area contributed by atoms with Gasteiger partial charge in [0.2, 0.25) is 0 Å². The van der Waals surface area contributed by atoms with E-state index in [0.717, 1.165) is 5.56 Å². The van der Waals surface area contributed by atoms with E-state index in [4.69, 9.17) is 0 Å². The van der Waals surface area contributed by atoms with E-state index in [1.165, 1.54) is 0 Å². The summed E-state index contributed by atoms with van der Waals surface area (Å²) in [5.74, 6) is 0.703. The van der Waals surface area contributed by atoms with Crippen molar-refractivity contribution in [2.75, 3.05) is 0 Å². The number of nitroso groups, excluding NO2 is 1. The first kappa shape index (κ1) is 6.80. The number of rotatable bonds is 2. The van der Waals surface area contributed by atoms with Crippen LogP contribution in [-0.2, 0) is 6.54 Å². The molecule has 0 saturated carbocycles. The van der Waals surface area contributed by atoms with Crippen LogP contribution in [0.2, 0.25) is 0 Å². The highest BCUT2D eigenvalue weighted by atomic mass is 16.3. The smallest absolute Gasteiger partial charge is 0.125 e. The predicted octanol–water partition coefficient (Wildman–Crippen LogP) is 1.05. The molecule has 1 heterocycles. The van der Waals surface area contributed by atoms with Gasteiger partial charge in [0, 0.05) is 18.0 Å². The molecule has 0 aromatic carbocycles. The van der Waals surface area contributed by atoms with Gasteiger partial charge >= 0.3 is 0 Å². The maximum atomic E-state index is 9.75. The van der Waals surface area contributed by atoms with E-state index in [9.17, 15) is 4.91 Å². The minimum absolute atomic E-state index is 0.153. The van der Waals surface area contributed by atoms with Crippen molar-refractivity contribution in [2.24, 2.45) is 5.18 Å². The lowest BCUT2D eigenvalue weighted by molar-refractivity contribution is 0.963. The summed E-state index contributed by atoms with van der Waals surface area (Å²) in [6, 6.07) is 0. The quantitative estimate of drug-likeness (QED) is 0.572. The molecule has 1 aromatic heterocycles. The topological polar surface area (TPSA) is 55.2 Å². The van der Waals surface area contributed by atoms with Crippen LogP contribution in [0.25, 0.3) is 0 Å². The third kappa shape index (κ3) is 1.58. The molecule has 4 nitrogen and oxygen atoms in total. The Morgan fingerprint density at radius 1 is 1.50 bits per heavy atom. The molecule has 1 rings (SSSR count). The minimum atomic E-state index is 0.153. The zero-order chi connectivity index (χ0) is 7.40. The van der Waals surface area contributed by atoms with Gasteiger partial charge in [0.05, 0.1) is 0 Å². The van der Waals surface area contributed by atoms with Crippen LogP contribution >= 0.6 is 0 Å². The first-order valence-corrected chi connectivity index (χ1v) is 2.89. The van der Waals surface area contributed by atoms with Crippen LogP contribution in [0.3, 0.4) is 0 Å². The van der Waals surface area contributed by atoms with E-state index in [0.29, 0.717) is 5.82 Å². The Hall–Kier alpha value is -1.32. The summed E-state index contributed by atoms with van der Waals surface area (Å²) in [5, 5.41) is 2.71. The number of aromatic nitrogens is 2. The minimum Gasteiger partial charge on any atom is -0.241 e. The molecule has 0 bridgehead atoms. The van der Waals surface area contributed by atoms with Crippen LogP contribution in [0.5, 0.6) is 0 Å². The first-order chi connectivity index (χ1) is 4.83. The average molecular weight is 137 g/mol. The SMILES string of the molecule is Cc1ncc(CN=O)cn1. The lowest BCUT2D eigenvalue weighted by Crippen LogP contribution is -1.89. The van der Waals surface area contributed by atoms with Crippen molar-refractivity contribution >= 4 is 0 Å². The van der Waals surface area contributed by atoms with Gasteiger partial charge in [-0.1, -0.05) is 5.18 Å². The van der Waals surface area contributed by atoms with Gasteiger partial charge in [-0.05, 0) is 6.92 Å². The molecule has 0 aliphatic rings. The van der Waals surface area contributed by atoms with E-state index in [1.807, 2.05) is 0 Å². The molecule has 1 aromatic rings. The molecule has 10 heavy (non-hydrogen) atoms. The third-order valence-electron chi connectivity index (χ3n) is 1.08. The number of hydrogen-bond acceptors (Lipinski definition) is 4. The first-order valence-electron chi connectivity index (χ1n) is 2.89. The Morgan fingerprint density at radius 3 is 2.60 bits per heavy atom. The van der Waals surface area contributed by atoms with Gasteiger partial charge in [-0.3, -0.25) is 0 Å². The van der Waals surface area contributed by atoms with Crippen molar-refractivity contribution < 1.29 is 0 Å². The number of hydrogen-bond donors (Lipinski definition) is 0. The maximum Gasteiger partial charge on any atom is 0.125 e. The lowest BCUT2D eigenvalue weighted by atomic mass is 10.3. The highest BCUT2D eigenvalue weighted by molar-refractivity contribution is 5.03. The Kier molecular flexibility index (Phi) is 2.04. The van der Waals surface area contributed by atoms with Gasteiger partial charge in [0.1, 0.15) is 12.4 Å². The highest BCUT2D eigenvalue weighted by Crippen LogP contribution is 1.96. The molecule has 0 radical (unpaired) electrons. The van der Waals surface area contributed by atoms with Crippen LogP contribution in [0, 0.1) is 11.8 Å². The summed E-state index contributed by atoms with van der Waals surface area (Å²) >= 11 is 0. The van der Waals surface area contributed by atoms with Gasteiger partial charge in [-0.2, -0.15) is 4.91 Å². The van der Waals surface area contributed by atoms with Crippen LogP contribution in [0.15, 0.2) is 17.6 Å². The number of aryl methyl sites for hydroxylation is 1. The van der Waals surface area contributed by atoms with Gasteiger partial charge in [0.25, 0.3) is 0 Å². The van der Waals surface area contributed by atoms with Crippen LogP contribution in [-0.4, -0.2) is 9.97 Å². The third-order valence-corrected chi connectivity index (χ3v) is 1.08. The molecule has 0 atom stereocenters. The van der Waals surface area contributed by atoms with Gasteiger partial charge in [-0.15, -0.1) is 0 Å². The van der Waals surface area contributed by atoms with E-state index < -0.39 is 0 Å². The fraction of sp³-hybridized carbons (Fsp3) is 0.333. The molecule has 0 N–H and O–H groups in total. The fourth-order valence-electron chi connectivity index (χ4n) is 0.576. The average Bonchev–Trinajstić information content (AvgIpc) is 1.95. The van der Waals surface area contributed by atoms with Crippen LogP contribution in [0.1, 0.15) is 11.4 Å². The van der Waals surface area contributed by atoms with Crippen molar-refractivity contribution in [2.45, 2.75) is 13.5 Å². The highest BCUT2D eigenvalue weighted by Gasteiger charge is 1.91. The van der Waals surface area contributed by atoms with Gasteiger partial charge < -0.3 is 0 Å². The molecule has 0 aliphatic heterocycles. The zero-order valence-corrected chi connectivity index (χ0v) is 5.61. The Balaban J connectivity index is 2.78. The molecule has 0 saturated heterocycles. The van der Waals surface area contributed by atoms with Gasteiger partial charge in [-0.25, -0.2) is 9.97 Å². The number of nitrogens with zero attached hydrogens (tertiary/aromatic N) is 3. The lowest BCUT2D eigenvalue weighted by Gasteiger charge is -1.91. The van der Waals surface area contributed by atoms with Crippen molar-refractivity contribution in [1.29, 1.82) is 0 Å². The van der Waals surface area contributed by atoms with Crippen molar-refractivity contribution in [3.8, 4) is 0 Å². The fourth-order valence-corrected chi connectivity index (χ4v) is 0.576. The molecular weight excluding hydrogens is 130 g/mol. The summed E-state index contributed by atoms with van der Waals surface area (Å²) in [4.78, 5) is 17.5. The Bertz CT molecular complexity index is 219.